The summed E-state index contributed by atoms with van der Waals surface area (Å²) in [7, 11) is 0. The maximum Gasteiger partial charge on any atom is 0.294 e. The van der Waals surface area contributed by atoms with Crippen molar-refractivity contribution in [1.29, 1.82) is 0 Å². The quantitative estimate of drug-likeness (QED) is 0.157. The fraction of sp³-hybridized carbons (Fsp3) is 0.833. The van der Waals surface area contributed by atoms with Crippen LogP contribution in [0, 0.1) is 10.1 Å². The van der Waals surface area contributed by atoms with Gasteiger partial charge >= 0.3 is 0 Å². The molecule has 0 radical (unpaired) electrons. The van der Waals surface area contributed by atoms with Crippen LogP contribution in [-0.2, 0) is 23.9 Å². The van der Waals surface area contributed by atoms with Crippen molar-refractivity contribution >= 4 is 23.6 Å². The average molecular weight is 401 g/mol. The largest absolute Gasteiger partial charge is 1.00 e. The number of rotatable bonds is 8. The van der Waals surface area contributed by atoms with E-state index in [1.165, 1.54) is 18.7 Å². The second-order valence-electron chi connectivity index (χ2n) is 5.52. The van der Waals surface area contributed by atoms with Crippen molar-refractivity contribution in [2.24, 2.45) is 0 Å². The van der Waals surface area contributed by atoms with E-state index in [0.717, 1.165) is 0 Å². The molecule has 0 spiro atoms. The van der Waals surface area contributed by atoms with Gasteiger partial charge in [-0.2, -0.15) is 0 Å². The van der Waals surface area contributed by atoms with Crippen LogP contribution >= 0.6 is 11.8 Å². The van der Waals surface area contributed by atoms with Crippen LogP contribution in [0.15, 0.2) is 0 Å². The van der Waals surface area contributed by atoms with E-state index in [1.807, 2.05) is 0 Å². The number of hydrogen-bond acceptors (Lipinski definition) is 8. The van der Waals surface area contributed by atoms with Gasteiger partial charge in [-0.15, -0.1) is 21.9 Å². The molecule has 2 saturated heterocycles. The molecular formula is C12H21ClN4O7S. The van der Waals surface area contributed by atoms with Gasteiger partial charge in [0.05, 0.1) is 30.9 Å². The molecule has 5 N–H and O–H groups in total. The van der Waals surface area contributed by atoms with Crippen molar-refractivity contribution in [2.45, 2.75) is 37.3 Å². The highest BCUT2D eigenvalue weighted by atomic mass is 35.5. The van der Waals surface area contributed by atoms with Crippen molar-refractivity contribution in [2.75, 3.05) is 24.8 Å². The van der Waals surface area contributed by atoms with Crippen LogP contribution < -0.4 is 28.8 Å². The lowest BCUT2D eigenvalue weighted by Gasteiger charge is -2.18. The van der Waals surface area contributed by atoms with Crippen molar-refractivity contribution in [1.82, 2.24) is 10.6 Å². The zero-order chi connectivity index (χ0) is 17.7. The minimum absolute atomic E-state index is 0. The fourth-order valence-electron chi connectivity index (χ4n) is 2.52. The Morgan fingerprint density at radius 3 is 2.72 bits per heavy atom. The molecule has 5 atom stereocenters. The number of thioether (sulfide) groups is 1. The molecule has 11 nitrogen and oxygen atoms in total. The van der Waals surface area contributed by atoms with Crippen LogP contribution in [0.4, 0.5) is 0 Å². The predicted molar refractivity (Wildman–Crippen MR) is 81.1 cm³/mol. The molecule has 0 bridgehead atoms. The van der Waals surface area contributed by atoms with Crippen LogP contribution in [0.1, 0.15) is 6.92 Å². The third-order valence-electron chi connectivity index (χ3n) is 3.67. The Kier molecular flexibility index (Phi) is 8.65. The number of fused-ring (bicyclic) bond motifs is 1. The molecule has 13 heteroatoms. The Hall–Kier alpha value is -1.34. The number of nitrogens with zero attached hydrogens (tertiary/aromatic N) is 1. The molecule has 144 valence electrons. The number of ether oxygens (including phenoxy) is 2. The van der Waals surface area contributed by atoms with Gasteiger partial charge in [0, 0.05) is 6.92 Å². The molecule has 2 heterocycles. The van der Waals surface area contributed by atoms with Gasteiger partial charge in [0.1, 0.15) is 12.2 Å². The third-order valence-corrected chi connectivity index (χ3v) is 4.66. The van der Waals surface area contributed by atoms with E-state index in [2.05, 4.69) is 21.2 Å². The van der Waals surface area contributed by atoms with E-state index in [4.69, 9.17) is 9.47 Å². The molecular weight excluding hydrogens is 380 g/mol. The number of halogens is 1. The smallest absolute Gasteiger partial charge is 0.294 e. The van der Waals surface area contributed by atoms with Crippen molar-refractivity contribution in [3.63, 3.8) is 0 Å². The van der Waals surface area contributed by atoms with Gasteiger partial charge in [0.25, 0.3) is 11.0 Å². The monoisotopic (exact) mass is 400 g/mol. The molecule has 0 saturated carbocycles. The van der Waals surface area contributed by atoms with Crippen molar-refractivity contribution in [3.8, 4) is 0 Å². The van der Waals surface area contributed by atoms with Gasteiger partial charge in [-0.05, 0) is 0 Å². The molecule has 0 unspecified atom stereocenters. The standard InChI is InChI=1S/C12H20N4O7S.ClH/c1-6(17)14-5-24-4-7(13)12(18)15-8-2-21-11-9(23-16(19)20)3-22-10(8)11;/h7-11H,2-5,13H2,1H3,(H,14,17)(H,15,18);1H/t7-,8-,9-,10+,11+;/m0./s1. The normalized spacial score (nSPS) is 28.4. The van der Waals surface area contributed by atoms with E-state index in [1.54, 1.807) is 0 Å². The second kappa shape index (κ2) is 9.97. The molecule has 0 aromatic rings. The summed E-state index contributed by atoms with van der Waals surface area (Å²) >= 11 is 1.39. The zero-order valence-electron chi connectivity index (χ0n) is 13.5. The maximum absolute atomic E-state index is 12.2. The summed E-state index contributed by atoms with van der Waals surface area (Å²) in [4.78, 5) is 37.8. The Morgan fingerprint density at radius 2 is 2.08 bits per heavy atom. The maximum atomic E-state index is 12.2. The van der Waals surface area contributed by atoms with Gasteiger partial charge in [0.15, 0.2) is 12.1 Å². The van der Waals surface area contributed by atoms with Crippen molar-refractivity contribution in [3.05, 3.63) is 10.1 Å². The Bertz CT molecular complexity index is 500. The van der Waals surface area contributed by atoms with Crippen molar-refractivity contribution < 1.29 is 47.1 Å². The molecule has 2 rings (SSSR count). The van der Waals surface area contributed by atoms with Gasteiger partial charge in [0.2, 0.25) is 5.91 Å². The number of carbonyl (C=O) groups is 2. The van der Waals surface area contributed by atoms with Crippen LogP contribution in [0.2, 0.25) is 0 Å². The minimum atomic E-state index is -0.871. The number of nitrogens with one attached hydrogen (secondary N) is 2. The third kappa shape index (κ3) is 6.15. The lowest BCUT2D eigenvalue weighted by atomic mass is 10.1. The van der Waals surface area contributed by atoms with Gasteiger partial charge < -0.3 is 43.1 Å². The summed E-state index contributed by atoms with van der Waals surface area (Å²) in [6, 6.07) is -0.900. The Balaban J connectivity index is 0.00000312. The molecule has 0 aromatic heterocycles. The Morgan fingerprint density at radius 1 is 1.40 bits per heavy atom. The number of amides is 2. The van der Waals surface area contributed by atoms with E-state index in [-0.39, 0.29) is 37.4 Å². The van der Waals surface area contributed by atoms with Gasteiger partial charge in [-0.25, -0.2) is 0 Å². The zero-order valence-corrected chi connectivity index (χ0v) is 15.1. The van der Waals surface area contributed by atoms with Crippen LogP contribution in [0.5, 0.6) is 0 Å². The highest BCUT2D eigenvalue weighted by Gasteiger charge is 2.50. The first-order chi connectivity index (χ1) is 11.4. The second-order valence-corrected chi connectivity index (χ2v) is 6.55. The number of carbonyl (C=O) groups excluding carboxylic acids is 2. The highest BCUT2D eigenvalue weighted by molar-refractivity contribution is 7.99. The number of quaternary nitrogens is 1. The van der Waals surface area contributed by atoms with E-state index in [0.29, 0.717) is 11.6 Å². The fourth-order valence-corrected chi connectivity index (χ4v) is 3.38. The van der Waals surface area contributed by atoms with Crippen LogP contribution in [0.3, 0.4) is 0 Å². The molecule has 2 fully saturated rings. The SMILES string of the molecule is CC(=O)NCSC[C@H]([NH3+])C(=O)N[C@H]1CO[C@H]2[C@@H]1OC[C@@H]2O[N+](=O)[O-].[Cl-]. The highest BCUT2D eigenvalue weighted by Crippen LogP contribution is 2.28. The first kappa shape index (κ1) is 21.7. The van der Waals surface area contributed by atoms with Crippen LogP contribution in [-0.4, -0.2) is 72.1 Å². The number of hydrogen-bond donors (Lipinski definition) is 3. The minimum Gasteiger partial charge on any atom is -1.00 e. The van der Waals surface area contributed by atoms with Gasteiger partial charge in [-0.1, -0.05) is 0 Å². The summed E-state index contributed by atoms with van der Waals surface area (Å²) in [5, 5.41) is 15.0. The molecule has 0 aliphatic carbocycles. The first-order valence-electron chi connectivity index (χ1n) is 7.38. The lowest BCUT2D eigenvalue weighted by molar-refractivity contribution is -0.769. The summed E-state index contributed by atoms with van der Waals surface area (Å²) in [6.07, 6.45) is -1.83. The summed E-state index contributed by atoms with van der Waals surface area (Å²) in [5.74, 6) is 0.463. The Labute approximate surface area is 154 Å². The van der Waals surface area contributed by atoms with E-state index in [9.17, 15) is 19.7 Å². The first-order valence-corrected chi connectivity index (χ1v) is 8.54. The molecule has 2 aliphatic rings. The molecule has 2 amide bonds. The van der Waals surface area contributed by atoms with E-state index >= 15 is 0 Å². The summed E-state index contributed by atoms with van der Waals surface area (Å²) < 4.78 is 10.9. The summed E-state index contributed by atoms with van der Waals surface area (Å²) in [5.41, 5.74) is 3.80. The lowest BCUT2D eigenvalue weighted by Crippen LogP contribution is -3.00. The van der Waals surface area contributed by atoms with Crippen LogP contribution in [0.25, 0.3) is 0 Å². The molecule has 25 heavy (non-hydrogen) atoms. The van der Waals surface area contributed by atoms with E-state index < -0.39 is 35.5 Å². The summed E-state index contributed by atoms with van der Waals surface area (Å²) in [6.45, 7) is 1.66. The molecule has 0 aromatic carbocycles. The average Bonchev–Trinajstić information content (AvgIpc) is 3.07. The van der Waals surface area contributed by atoms with Gasteiger partial charge in [-0.3, -0.25) is 9.59 Å². The predicted octanol–water partition coefficient (Wildman–Crippen LogP) is -5.71. The topological polar surface area (TPSA) is 157 Å². The molecule has 2 aliphatic heterocycles.